The van der Waals surface area contributed by atoms with Gasteiger partial charge in [-0.15, -0.1) is 0 Å². The Hall–Kier alpha value is -2.80. The fourth-order valence-electron chi connectivity index (χ4n) is 2.83. The number of carbonyl (C=O) groups is 2. The van der Waals surface area contributed by atoms with Crippen LogP contribution in [0.3, 0.4) is 0 Å². The number of amides is 2. The van der Waals surface area contributed by atoms with Crippen LogP contribution in [0.25, 0.3) is 0 Å². The van der Waals surface area contributed by atoms with Crippen LogP contribution in [-0.4, -0.2) is 36.5 Å². The van der Waals surface area contributed by atoms with Gasteiger partial charge in [-0.1, -0.05) is 23.7 Å². The molecule has 8 heteroatoms. The number of ether oxygens (including phenoxy) is 2. The van der Waals surface area contributed by atoms with E-state index in [1.165, 1.54) is 31.4 Å². The van der Waals surface area contributed by atoms with Crippen molar-refractivity contribution in [2.45, 2.75) is 25.4 Å². The number of methoxy groups -OCH3 is 1. The fraction of sp³-hybridized carbons (Fsp3) is 0.300. The second-order valence-electron chi connectivity index (χ2n) is 6.54. The minimum absolute atomic E-state index is 0.133. The molecular formula is C20H20ClFN2O4. The molecule has 148 valence electrons. The number of rotatable bonds is 8. The molecule has 0 atom stereocenters. The number of nitrogens with zero attached hydrogens (tertiary/aromatic N) is 1. The minimum atomic E-state index is -0.655. The predicted molar refractivity (Wildman–Crippen MR) is 102 cm³/mol. The number of hydrogen-bond donors (Lipinski definition) is 1. The second-order valence-corrected chi connectivity index (χ2v) is 6.94. The molecule has 1 aliphatic carbocycles. The van der Waals surface area contributed by atoms with Crippen LogP contribution in [0.15, 0.2) is 36.4 Å². The van der Waals surface area contributed by atoms with Crippen molar-refractivity contribution in [2.75, 3.05) is 13.7 Å². The van der Waals surface area contributed by atoms with Gasteiger partial charge in [-0.05, 0) is 42.7 Å². The van der Waals surface area contributed by atoms with E-state index in [9.17, 15) is 14.0 Å². The van der Waals surface area contributed by atoms with Gasteiger partial charge in [0.1, 0.15) is 5.82 Å². The van der Waals surface area contributed by atoms with Crippen molar-refractivity contribution in [2.24, 2.45) is 5.73 Å². The van der Waals surface area contributed by atoms with E-state index in [1.807, 2.05) is 0 Å². The Kier molecular flexibility index (Phi) is 6.04. The number of carbonyl (C=O) groups excluding carboxylic acids is 2. The SMILES string of the molecule is COc1cc(C(=O)N(Cc2ccc(F)cc2)C2CC2)cc(Cl)c1OCC(N)=O. The number of primary amides is 1. The molecule has 0 aliphatic heterocycles. The Bertz CT molecular complexity index is 885. The van der Waals surface area contributed by atoms with Crippen molar-refractivity contribution in [3.8, 4) is 11.5 Å². The van der Waals surface area contributed by atoms with Crippen LogP contribution < -0.4 is 15.2 Å². The average molecular weight is 407 g/mol. The lowest BCUT2D eigenvalue weighted by molar-refractivity contribution is -0.119. The summed E-state index contributed by atoms with van der Waals surface area (Å²) < 4.78 is 23.7. The summed E-state index contributed by atoms with van der Waals surface area (Å²) in [7, 11) is 1.41. The van der Waals surface area contributed by atoms with E-state index in [4.69, 9.17) is 26.8 Å². The van der Waals surface area contributed by atoms with Crippen molar-refractivity contribution in [3.63, 3.8) is 0 Å². The molecule has 2 aromatic carbocycles. The van der Waals surface area contributed by atoms with E-state index in [0.717, 1.165) is 18.4 Å². The van der Waals surface area contributed by atoms with Crippen molar-refractivity contribution in [1.29, 1.82) is 0 Å². The molecule has 2 N–H and O–H groups in total. The topological polar surface area (TPSA) is 81.9 Å². The third kappa shape index (κ3) is 4.72. The first-order valence-corrected chi connectivity index (χ1v) is 9.11. The number of benzene rings is 2. The summed E-state index contributed by atoms with van der Waals surface area (Å²) in [4.78, 5) is 25.8. The Morgan fingerprint density at radius 3 is 2.50 bits per heavy atom. The zero-order valence-electron chi connectivity index (χ0n) is 15.3. The molecule has 0 aromatic heterocycles. The quantitative estimate of drug-likeness (QED) is 0.730. The highest BCUT2D eigenvalue weighted by Gasteiger charge is 2.33. The highest BCUT2D eigenvalue weighted by molar-refractivity contribution is 6.32. The van der Waals surface area contributed by atoms with Gasteiger partial charge in [0, 0.05) is 18.2 Å². The van der Waals surface area contributed by atoms with Crippen LogP contribution in [0, 0.1) is 5.82 Å². The lowest BCUT2D eigenvalue weighted by Crippen LogP contribution is -2.32. The van der Waals surface area contributed by atoms with Crippen LogP contribution >= 0.6 is 11.6 Å². The lowest BCUT2D eigenvalue weighted by Gasteiger charge is -2.23. The summed E-state index contributed by atoms with van der Waals surface area (Å²) in [5, 5.41) is 0.140. The van der Waals surface area contributed by atoms with Gasteiger partial charge >= 0.3 is 0 Å². The summed E-state index contributed by atoms with van der Waals surface area (Å²) in [5.41, 5.74) is 6.26. The maximum atomic E-state index is 13.1. The molecule has 1 saturated carbocycles. The van der Waals surface area contributed by atoms with E-state index in [2.05, 4.69) is 0 Å². The molecule has 28 heavy (non-hydrogen) atoms. The Morgan fingerprint density at radius 2 is 1.93 bits per heavy atom. The first-order valence-electron chi connectivity index (χ1n) is 8.73. The van der Waals surface area contributed by atoms with Gasteiger partial charge in [0.2, 0.25) is 0 Å². The first kappa shape index (κ1) is 19.9. The van der Waals surface area contributed by atoms with Crippen LogP contribution in [-0.2, 0) is 11.3 Å². The normalized spacial score (nSPS) is 13.1. The molecule has 2 aromatic rings. The highest BCUT2D eigenvalue weighted by atomic mass is 35.5. The minimum Gasteiger partial charge on any atom is -0.493 e. The molecule has 0 heterocycles. The summed E-state index contributed by atoms with van der Waals surface area (Å²) in [5.74, 6) is -0.812. The Labute approximate surface area is 167 Å². The van der Waals surface area contributed by atoms with E-state index in [1.54, 1.807) is 17.0 Å². The molecule has 3 rings (SSSR count). The monoisotopic (exact) mass is 406 g/mol. The zero-order chi connectivity index (χ0) is 20.3. The molecule has 0 unspecified atom stereocenters. The van der Waals surface area contributed by atoms with Crippen LogP contribution in [0.5, 0.6) is 11.5 Å². The van der Waals surface area contributed by atoms with Gasteiger partial charge in [-0.3, -0.25) is 9.59 Å². The maximum Gasteiger partial charge on any atom is 0.255 e. The molecule has 1 aliphatic rings. The highest BCUT2D eigenvalue weighted by Crippen LogP contribution is 2.38. The van der Waals surface area contributed by atoms with Crippen molar-refractivity contribution in [1.82, 2.24) is 4.90 Å². The predicted octanol–water partition coefficient (Wildman–Crippen LogP) is 3.16. The molecule has 6 nitrogen and oxygen atoms in total. The van der Waals surface area contributed by atoms with Crippen LogP contribution in [0.4, 0.5) is 4.39 Å². The standard InChI is InChI=1S/C20H20ClFN2O4/c1-27-17-9-13(8-16(21)19(17)28-11-18(23)25)20(26)24(15-6-7-15)10-12-2-4-14(22)5-3-12/h2-5,8-9,15H,6-7,10-11H2,1H3,(H2,23,25). The Morgan fingerprint density at radius 1 is 1.25 bits per heavy atom. The molecule has 2 amide bonds. The third-order valence-electron chi connectivity index (χ3n) is 4.35. The molecule has 1 fully saturated rings. The summed E-state index contributed by atoms with van der Waals surface area (Å²) in [6.45, 7) is 0.00573. The second kappa shape index (κ2) is 8.48. The van der Waals surface area contributed by atoms with Gasteiger partial charge < -0.3 is 20.1 Å². The maximum absolute atomic E-state index is 13.1. The fourth-order valence-corrected chi connectivity index (χ4v) is 3.10. The van der Waals surface area contributed by atoms with E-state index >= 15 is 0 Å². The van der Waals surface area contributed by atoms with E-state index in [-0.39, 0.29) is 40.9 Å². The van der Waals surface area contributed by atoms with Gasteiger partial charge in [0.05, 0.1) is 12.1 Å². The zero-order valence-corrected chi connectivity index (χ0v) is 16.0. The van der Waals surface area contributed by atoms with Crippen LogP contribution in [0.1, 0.15) is 28.8 Å². The van der Waals surface area contributed by atoms with Crippen molar-refractivity contribution < 1.29 is 23.5 Å². The van der Waals surface area contributed by atoms with Crippen molar-refractivity contribution in [3.05, 3.63) is 58.4 Å². The van der Waals surface area contributed by atoms with Gasteiger partial charge in [0.15, 0.2) is 18.1 Å². The smallest absolute Gasteiger partial charge is 0.255 e. The summed E-state index contributed by atoms with van der Waals surface area (Å²) in [6.07, 6.45) is 1.83. The molecule has 0 spiro atoms. The molecule has 0 bridgehead atoms. The van der Waals surface area contributed by atoms with Crippen molar-refractivity contribution >= 4 is 23.4 Å². The van der Waals surface area contributed by atoms with Gasteiger partial charge in [-0.25, -0.2) is 4.39 Å². The molecule has 0 saturated heterocycles. The molecular weight excluding hydrogens is 387 g/mol. The molecule has 0 radical (unpaired) electrons. The van der Waals surface area contributed by atoms with Gasteiger partial charge in [-0.2, -0.15) is 0 Å². The van der Waals surface area contributed by atoms with Crippen LogP contribution in [0.2, 0.25) is 5.02 Å². The number of hydrogen-bond acceptors (Lipinski definition) is 4. The Balaban J connectivity index is 1.85. The largest absolute Gasteiger partial charge is 0.493 e. The first-order chi connectivity index (χ1) is 13.4. The number of halogens is 2. The number of nitrogens with two attached hydrogens (primary N) is 1. The van der Waals surface area contributed by atoms with E-state index < -0.39 is 5.91 Å². The van der Waals surface area contributed by atoms with E-state index in [0.29, 0.717) is 12.1 Å². The lowest BCUT2D eigenvalue weighted by atomic mass is 10.1. The third-order valence-corrected chi connectivity index (χ3v) is 4.63. The summed E-state index contributed by atoms with van der Waals surface area (Å²) >= 11 is 6.25. The van der Waals surface area contributed by atoms with Gasteiger partial charge in [0.25, 0.3) is 11.8 Å². The summed E-state index contributed by atoms with van der Waals surface area (Å²) in [6, 6.07) is 9.19. The average Bonchev–Trinajstić information content (AvgIpc) is 3.50.